The first-order chi connectivity index (χ1) is 14.4. The lowest BCUT2D eigenvalue weighted by Crippen LogP contribution is -2.04. The molecule has 0 aliphatic carbocycles. The fraction of sp³-hybridized carbons (Fsp3) is 0.182. The molecule has 0 saturated heterocycles. The molecule has 30 heavy (non-hydrogen) atoms. The van der Waals surface area contributed by atoms with E-state index in [9.17, 15) is 4.39 Å². The minimum Gasteiger partial charge on any atom is -0.265 e. The van der Waals surface area contributed by atoms with Crippen molar-refractivity contribution in [2.45, 2.75) is 27.3 Å². The highest BCUT2D eigenvalue weighted by Crippen LogP contribution is 2.19. The van der Waals surface area contributed by atoms with Gasteiger partial charge in [0.05, 0.1) is 18.5 Å². The maximum atomic E-state index is 13.6. The van der Waals surface area contributed by atoms with E-state index in [0.717, 1.165) is 17.0 Å². The van der Waals surface area contributed by atoms with Gasteiger partial charge in [-0.1, -0.05) is 42.0 Å². The number of H-pyrrole nitrogens is 1. The van der Waals surface area contributed by atoms with Gasteiger partial charge in [-0.3, -0.25) is 4.68 Å². The highest BCUT2D eigenvalue weighted by atomic mass is 32.1. The predicted molar refractivity (Wildman–Crippen MR) is 118 cm³/mol. The van der Waals surface area contributed by atoms with Crippen LogP contribution in [0.3, 0.4) is 0 Å². The van der Waals surface area contributed by atoms with E-state index < -0.39 is 0 Å². The molecule has 0 bridgehead atoms. The van der Waals surface area contributed by atoms with Crippen LogP contribution in [0.1, 0.15) is 28.1 Å². The van der Waals surface area contributed by atoms with E-state index in [2.05, 4.69) is 51.6 Å². The molecule has 0 unspecified atom stereocenters. The molecular formula is C22H21FN6S. The SMILES string of the molecule is Cc1ccc(Cn2nc(C)c(/C=N\n3c(-c4cccc(F)c4)n[nH]c3=S)c2C)cc1. The lowest BCUT2D eigenvalue weighted by Gasteiger charge is -2.05. The van der Waals surface area contributed by atoms with Crippen LogP contribution < -0.4 is 0 Å². The smallest absolute Gasteiger partial charge is 0.216 e. The first-order valence-electron chi connectivity index (χ1n) is 9.49. The quantitative estimate of drug-likeness (QED) is 0.373. The number of aromatic nitrogens is 5. The molecule has 0 aliphatic rings. The second kappa shape index (κ2) is 8.16. The third-order valence-corrected chi connectivity index (χ3v) is 5.19. The number of hydrogen-bond acceptors (Lipinski definition) is 4. The number of benzene rings is 2. The number of aromatic amines is 1. The third kappa shape index (κ3) is 3.99. The van der Waals surface area contributed by atoms with Crippen LogP contribution in [-0.4, -0.2) is 30.9 Å². The molecular weight excluding hydrogens is 399 g/mol. The van der Waals surface area contributed by atoms with Gasteiger partial charge in [0, 0.05) is 16.8 Å². The summed E-state index contributed by atoms with van der Waals surface area (Å²) in [5.41, 5.74) is 5.77. The topological polar surface area (TPSA) is 63.8 Å². The van der Waals surface area contributed by atoms with Gasteiger partial charge in [0.2, 0.25) is 4.77 Å². The summed E-state index contributed by atoms with van der Waals surface area (Å²) < 4.78 is 17.4. The van der Waals surface area contributed by atoms with Gasteiger partial charge in [0.15, 0.2) is 5.82 Å². The highest BCUT2D eigenvalue weighted by molar-refractivity contribution is 7.71. The van der Waals surface area contributed by atoms with Crippen LogP contribution in [-0.2, 0) is 6.54 Å². The van der Waals surface area contributed by atoms with Gasteiger partial charge in [-0.25, -0.2) is 9.49 Å². The summed E-state index contributed by atoms with van der Waals surface area (Å²) in [6.07, 6.45) is 1.72. The summed E-state index contributed by atoms with van der Waals surface area (Å²) in [6, 6.07) is 14.6. The van der Waals surface area contributed by atoms with Gasteiger partial charge in [0.25, 0.3) is 0 Å². The van der Waals surface area contributed by atoms with Gasteiger partial charge in [-0.2, -0.15) is 20.0 Å². The second-order valence-electron chi connectivity index (χ2n) is 7.15. The van der Waals surface area contributed by atoms with E-state index in [1.54, 1.807) is 18.3 Å². The molecule has 0 aliphatic heterocycles. The Balaban J connectivity index is 1.66. The molecule has 1 N–H and O–H groups in total. The molecule has 4 aromatic rings. The van der Waals surface area contributed by atoms with Crippen LogP contribution in [0.4, 0.5) is 4.39 Å². The van der Waals surface area contributed by atoms with Crippen LogP contribution >= 0.6 is 12.2 Å². The Hall–Kier alpha value is -3.39. The lowest BCUT2D eigenvalue weighted by atomic mass is 10.1. The molecule has 0 spiro atoms. The lowest BCUT2D eigenvalue weighted by molar-refractivity contribution is 0.628. The summed E-state index contributed by atoms with van der Waals surface area (Å²) >= 11 is 5.31. The maximum Gasteiger partial charge on any atom is 0.216 e. The fourth-order valence-corrected chi connectivity index (χ4v) is 3.43. The molecule has 0 amide bonds. The van der Waals surface area contributed by atoms with Crippen molar-refractivity contribution < 1.29 is 4.39 Å². The summed E-state index contributed by atoms with van der Waals surface area (Å²) in [7, 11) is 0. The Labute approximate surface area is 178 Å². The van der Waals surface area contributed by atoms with Crippen LogP contribution in [0, 0.1) is 31.4 Å². The summed E-state index contributed by atoms with van der Waals surface area (Å²) in [6.45, 7) is 6.71. The van der Waals surface area contributed by atoms with Crippen molar-refractivity contribution in [2.24, 2.45) is 5.10 Å². The van der Waals surface area contributed by atoms with Crippen LogP contribution in [0.15, 0.2) is 53.6 Å². The standard InChI is InChI=1S/C22H21FN6S/c1-14-7-9-17(10-8-14)13-28-16(3)20(15(2)27-28)12-24-29-21(25-26-22(29)30)18-5-4-6-19(23)11-18/h4-12H,13H2,1-3H3,(H,26,30)/b24-12-. The molecule has 2 aromatic carbocycles. The molecule has 0 atom stereocenters. The van der Waals surface area contributed by atoms with Crippen molar-refractivity contribution in [3.63, 3.8) is 0 Å². The number of rotatable bonds is 5. The summed E-state index contributed by atoms with van der Waals surface area (Å²) in [5, 5.41) is 16.1. The van der Waals surface area contributed by atoms with E-state index >= 15 is 0 Å². The number of nitrogens with one attached hydrogen (secondary N) is 1. The van der Waals surface area contributed by atoms with Crippen molar-refractivity contribution in [1.82, 2.24) is 24.7 Å². The molecule has 4 rings (SSSR count). The minimum absolute atomic E-state index is 0.327. The third-order valence-electron chi connectivity index (χ3n) is 4.93. The Kier molecular flexibility index (Phi) is 5.41. The first-order valence-corrected chi connectivity index (χ1v) is 9.90. The molecule has 0 saturated carbocycles. The molecule has 2 aromatic heterocycles. The fourth-order valence-electron chi connectivity index (χ4n) is 3.25. The largest absolute Gasteiger partial charge is 0.265 e. The number of hydrogen-bond donors (Lipinski definition) is 1. The molecule has 0 radical (unpaired) electrons. The van der Waals surface area contributed by atoms with E-state index in [0.29, 0.717) is 22.7 Å². The number of aryl methyl sites for hydroxylation is 2. The van der Waals surface area contributed by atoms with Crippen molar-refractivity contribution >= 4 is 18.4 Å². The van der Waals surface area contributed by atoms with E-state index in [-0.39, 0.29) is 5.82 Å². The van der Waals surface area contributed by atoms with Gasteiger partial charge in [-0.15, -0.1) is 0 Å². The Bertz CT molecular complexity index is 1280. The summed E-state index contributed by atoms with van der Waals surface area (Å²) in [4.78, 5) is 0. The van der Waals surface area contributed by atoms with Crippen molar-refractivity contribution in [3.05, 3.63) is 87.2 Å². The van der Waals surface area contributed by atoms with Crippen molar-refractivity contribution in [3.8, 4) is 11.4 Å². The summed E-state index contributed by atoms with van der Waals surface area (Å²) in [5.74, 6) is 0.0964. The van der Waals surface area contributed by atoms with Crippen LogP contribution in [0.5, 0.6) is 0 Å². The highest BCUT2D eigenvalue weighted by Gasteiger charge is 2.12. The normalized spacial score (nSPS) is 11.5. The molecule has 152 valence electrons. The van der Waals surface area contributed by atoms with E-state index in [1.165, 1.54) is 27.9 Å². The first kappa shape index (κ1) is 19.9. The molecule has 0 fully saturated rings. The average molecular weight is 421 g/mol. The Morgan fingerprint density at radius 2 is 1.90 bits per heavy atom. The maximum absolute atomic E-state index is 13.6. The monoisotopic (exact) mass is 420 g/mol. The second-order valence-corrected chi connectivity index (χ2v) is 7.53. The number of halogens is 1. The Morgan fingerprint density at radius 1 is 1.13 bits per heavy atom. The zero-order valence-corrected chi connectivity index (χ0v) is 17.7. The number of nitrogens with zero attached hydrogens (tertiary/aromatic N) is 5. The predicted octanol–water partition coefficient (Wildman–Crippen LogP) is 4.80. The molecule has 8 heteroatoms. The molecule has 6 nitrogen and oxygen atoms in total. The Morgan fingerprint density at radius 3 is 2.63 bits per heavy atom. The minimum atomic E-state index is -0.346. The average Bonchev–Trinajstić information content (AvgIpc) is 3.21. The van der Waals surface area contributed by atoms with Gasteiger partial charge < -0.3 is 0 Å². The van der Waals surface area contributed by atoms with Crippen LogP contribution in [0.25, 0.3) is 11.4 Å². The van der Waals surface area contributed by atoms with Crippen LogP contribution in [0.2, 0.25) is 0 Å². The zero-order valence-electron chi connectivity index (χ0n) is 16.9. The zero-order chi connectivity index (χ0) is 21.3. The van der Waals surface area contributed by atoms with Gasteiger partial charge in [0.1, 0.15) is 5.82 Å². The van der Waals surface area contributed by atoms with E-state index in [1.807, 2.05) is 18.5 Å². The van der Waals surface area contributed by atoms with Gasteiger partial charge in [-0.05, 0) is 50.7 Å². The van der Waals surface area contributed by atoms with Crippen molar-refractivity contribution in [1.29, 1.82) is 0 Å². The van der Waals surface area contributed by atoms with Gasteiger partial charge >= 0.3 is 0 Å². The van der Waals surface area contributed by atoms with E-state index in [4.69, 9.17) is 12.2 Å². The molecule has 2 heterocycles. The van der Waals surface area contributed by atoms with Crippen molar-refractivity contribution in [2.75, 3.05) is 0 Å².